The lowest BCUT2D eigenvalue weighted by molar-refractivity contribution is 0.100. The highest BCUT2D eigenvalue weighted by Crippen LogP contribution is 2.37. The second kappa shape index (κ2) is 4.73. The number of hydrogen-bond acceptors (Lipinski definition) is 4. The van der Waals surface area contributed by atoms with E-state index in [0.717, 1.165) is 0 Å². The molecule has 1 aliphatic heterocycles. The van der Waals surface area contributed by atoms with Crippen LogP contribution in [0.25, 0.3) is 0 Å². The number of carbonyl (C=O) groups is 1. The van der Waals surface area contributed by atoms with Crippen LogP contribution in [0.1, 0.15) is 29.8 Å². The number of sulfone groups is 1. The van der Waals surface area contributed by atoms with Crippen LogP contribution in [0.3, 0.4) is 0 Å². The van der Waals surface area contributed by atoms with E-state index in [9.17, 15) is 13.2 Å². The normalized spacial score (nSPS) is 18.2. The van der Waals surface area contributed by atoms with E-state index in [1.807, 2.05) is 0 Å². The fourth-order valence-electron chi connectivity index (χ4n) is 2.25. The largest absolute Gasteiger partial charge is 0.485 e. The monoisotopic (exact) mass is 311 g/mol. The van der Waals surface area contributed by atoms with E-state index < -0.39 is 21.3 Å². The van der Waals surface area contributed by atoms with E-state index in [1.165, 1.54) is 12.1 Å². The zero-order valence-corrected chi connectivity index (χ0v) is 12.8. The first-order valence-electron chi connectivity index (χ1n) is 6.22. The number of aryl methyl sites for hydroxylation is 1. The van der Waals surface area contributed by atoms with Gasteiger partial charge in [0, 0.05) is 5.56 Å². The summed E-state index contributed by atoms with van der Waals surface area (Å²) in [6.45, 7) is 5.05. The molecule has 0 aromatic heterocycles. The van der Waals surface area contributed by atoms with Crippen molar-refractivity contribution in [2.45, 2.75) is 31.3 Å². The molecule has 0 aliphatic carbocycles. The number of guanidine groups is 1. The SMILES string of the molecule is Cc1cc2c(cc1C(=O)N=C(N)N)S(=O)(=O)CC(C)(C)O2. The van der Waals surface area contributed by atoms with Crippen LogP contribution in [0.5, 0.6) is 5.75 Å². The minimum absolute atomic E-state index is 0.0124. The van der Waals surface area contributed by atoms with Gasteiger partial charge in [-0.3, -0.25) is 4.79 Å². The molecule has 0 saturated heterocycles. The third kappa shape index (κ3) is 2.99. The van der Waals surface area contributed by atoms with Crippen molar-refractivity contribution in [3.63, 3.8) is 0 Å². The highest BCUT2D eigenvalue weighted by atomic mass is 32.2. The predicted octanol–water partition coefficient (Wildman–Crippen LogP) is 0.353. The second-order valence-electron chi connectivity index (χ2n) is 5.58. The highest BCUT2D eigenvalue weighted by Gasteiger charge is 2.38. The molecular formula is C13H17N3O4S. The van der Waals surface area contributed by atoms with Gasteiger partial charge in [-0.05, 0) is 38.5 Å². The summed E-state index contributed by atoms with van der Waals surface area (Å²) in [5.41, 5.74) is 10.2. The second-order valence-corrected chi connectivity index (χ2v) is 7.53. The molecule has 0 bridgehead atoms. The van der Waals surface area contributed by atoms with E-state index in [2.05, 4.69) is 4.99 Å². The van der Waals surface area contributed by atoms with Crippen molar-refractivity contribution >= 4 is 21.7 Å². The number of fused-ring (bicyclic) bond motifs is 1. The lowest BCUT2D eigenvalue weighted by Gasteiger charge is -2.32. The van der Waals surface area contributed by atoms with Crippen LogP contribution < -0.4 is 16.2 Å². The van der Waals surface area contributed by atoms with E-state index in [1.54, 1.807) is 20.8 Å². The molecule has 0 atom stereocenters. The number of aliphatic imine (C=N–C) groups is 1. The Morgan fingerprint density at radius 3 is 2.52 bits per heavy atom. The summed E-state index contributed by atoms with van der Waals surface area (Å²) in [6, 6.07) is 2.78. The summed E-state index contributed by atoms with van der Waals surface area (Å²) >= 11 is 0. The smallest absolute Gasteiger partial charge is 0.280 e. The van der Waals surface area contributed by atoms with Crippen LogP contribution in [-0.4, -0.2) is 31.6 Å². The van der Waals surface area contributed by atoms with Gasteiger partial charge in [-0.15, -0.1) is 0 Å². The van der Waals surface area contributed by atoms with Gasteiger partial charge >= 0.3 is 0 Å². The number of hydrogen-bond donors (Lipinski definition) is 2. The molecule has 4 N–H and O–H groups in total. The fourth-order valence-corrected chi connectivity index (χ4v) is 4.09. The Labute approximate surface area is 122 Å². The molecule has 1 aliphatic rings. The van der Waals surface area contributed by atoms with Gasteiger partial charge in [0.1, 0.15) is 16.2 Å². The van der Waals surface area contributed by atoms with Crippen LogP contribution in [0.4, 0.5) is 0 Å². The van der Waals surface area contributed by atoms with Crippen molar-refractivity contribution in [2.75, 3.05) is 5.75 Å². The molecule has 1 aromatic carbocycles. The predicted molar refractivity (Wildman–Crippen MR) is 78.1 cm³/mol. The molecule has 0 saturated carbocycles. The molecule has 1 aromatic rings. The van der Waals surface area contributed by atoms with Gasteiger partial charge < -0.3 is 16.2 Å². The number of rotatable bonds is 1. The van der Waals surface area contributed by atoms with Crippen molar-refractivity contribution in [1.82, 2.24) is 0 Å². The first kappa shape index (κ1) is 15.3. The number of carbonyl (C=O) groups excluding carboxylic acids is 1. The average molecular weight is 311 g/mol. The van der Waals surface area contributed by atoms with Crippen molar-refractivity contribution in [3.8, 4) is 5.75 Å². The van der Waals surface area contributed by atoms with Crippen molar-refractivity contribution in [2.24, 2.45) is 16.5 Å². The first-order chi connectivity index (χ1) is 9.52. The number of amides is 1. The lowest BCUT2D eigenvalue weighted by Crippen LogP contribution is -2.41. The van der Waals surface area contributed by atoms with E-state index in [0.29, 0.717) is 5.56 Å². The minimum Gasteiger partial charge on any atom is -0.485 e. The lowest BCUT2D eigenvalue weighted by atomic mass is 10.1. The third-order valence-corrected chi connectivity index (χ3v) is 5.08. The zero-order chi connectivity index (χ0) is 16.0. The quantitative estimate of drug-likeness (QED) is 0.569. The number of ether oxygens (including phenoxy) is 1. The summed E-state index contributed by atoms with van der Waals surface area (Å²) in [7, 11) is -3.54. The van der Waals surface area contributed by atoms with Crippen molar-refractivity contribution < 1.29 is 17.9 Å². The Balaban J connectivity index is 2.63. The van der Waals surface area contributed by atoms with E-state index in [-0.39, 0.29) is 27.9 Å². The van der Waals surface area contributed by atoms with Gasteiger partial charge in [0.2, 0.25) is 0 Å². The molecule has 21 heavy (non-hydrogen) atoms. The summed E-state index contributed by atoms with van der Waals surface area (Å²) in [5, 5.41) is 0. The van der Waals surface area contributed by atoms with Crippen LogP contribution in [0.2, 0.25) is 0 Å². The molecular weight excluding hydrogens is 294 g/mol. The average Bonchev–Trinajstić information content (AvgIpc) is 2.23. The summed E-state index contributed by atoms with van der Waals surface area (Å²) in [6.07, 6.45) is 0. The number of benzene rings is 1. The number of nitrogens with zero attached hydrogens (tertiary/aromatic N) is 1. The Kier molecular flexibility index (Phi) is 3.45. The maximum absolute atomic E-state index is 12.3. The first-order valence-corrected chi connectivity index (χ1v) is 7.87. The molecule has 2 rings (SSSR count). The molecule has 0 radical (unpaired) electrons. The summed E-state index contributed by atoms with van der Waals surface area (Å²) < 4.78 is 30.3. The molecule has 1 heterocycles. The van der Waals surface area contributed by atoms with Crippen molar-refractivity contribution in [1.29, 1.82) is 0 Å². The molecule has 0 unspecified atom stereocenters. The van der Waals surface area contributed by atoms with Gasteiger partial charge in [0.05, 0.1) is 5.75 Å². The Bertz CT molecular complexity index is 747. The summed E-state index contributed by atoms with van der Waals surface area (Å²) in [4.78, 5) is 15.3. The van der Waals surface area contributed by atoms with Crippen LogP contribution in [0, 0.1) is 6.92 Å². The van der Waals surface area contributed by atoms with Gasteiger partial charge in [-0.25, -0.2) is 8.42 Å². The molecule has 0 fully saturated rings. The molecule has 8 heteroatoms. The van der Waals surface area contributed by atoms with Crippen molar-refractivity contribution in [3.05, 3.63) is 23.3 Å². The third-order valence-electron chi connectivity index (χ3n) is 3.01. The molecule has 114 valence electrons. The topological polar surface area (TPSA) is 125 Å². The Hall–Kier alpha value is -2.09. The van der Waals surface area contributed by atoms with Crippen LogP contribution in [0.15, 0.2) is 22.0 Å². The Morgan fingerprint density at radius 1 is 1.33 bits per heavy atom. The maximum Gasteiger partial charge on any atom is 0.280 e. The van der Waals surface area contributed by atoms with Gasteiger partial charge in [-0.2, -0.15) is 4.99 Å². The molecule has 7 nitrogen and oxygen atoms in total. The number of nitrogens with two attached hydrogens (primary N) is 2. The maximum atomic E-state index is 12.3. The van der Waals surface area contributed by atoms with Gasteiger partial charge in [-0.1, -0.05) is 0 Å². The van der Waals surface area contributed by atoms with E-state index in [4.69, 9.17) is 16.2 Å². The molecule has 1 amide bonds. The molecule has 0 spiro atoms. The fraction of sp³-hybridized carbons (Fsp3) is 0.385. The highest BCUT2D eigenvalue weighted by molar-refractivity contribution is 7.91. The minimum atomic E-state index is -3.54. The van der Waals surface area contributed by atoms with Crippen LogP contribution in [-0.2, 0) is 9.84 Å². The van der Waals surface area contributed by atoms with E-state index >= 15 is 0 Å². The van der Waals surface area contributed by atoms with Gasteiger partial charge in [0.15, 0.2) is 15.8 Å². The summed E-state index contributed by atoms with van der Waals surface area (Å²) in [5.74, 6) is -0.982. The van der Waals surface area contributed by atoms with Crippen LogP contribution >= 0.6 is 0 Å². The van der Waals surface area contributed by atoms with Gasteiger partial charge in [0.25, 0.3) is 5.91 Å². The standard InChI is InChI=1S/C13H17N3O4S/c1-7-4-9-10(5-8(7)11(17)16-12(14)15)21(18,19)6-13(2,3)20-9/h4-5H,6H2,1-3H3,(H4,14,15,16,17). The Morgan fingerprint density at radius 2 is 1.95 bits per heavy atom. The zero-order valence-electron chi connectivity index (χ0n) is 12.0.